The van der Waals surface area contributed by atoms with E-state index in [-0.39, 0.29) is 6.09 Å². The third kappa shape index (κ3) is 7.98. The molecule has 0 heterocycles. The highest BCUT2D eigenvalue weighted by Gasteiger charge is 2.31. The lowest BCUT2D eigenvalue weighted by Gasteiger charge is -2.39. The maximum absolute atomic E-state index is 12.3. The molecule has 1 saturated carbocycles. The Morgan fingerprint density at radius 2 is 1.64 bits per heavy atom. The van der Waals surface area contributed by atoms with E-state index in [1.54, 1.807) is 0 Å². The Bertz CT molecular complexity index is 393. The van der Waals surface area contributed by atoms with Gasteiger partial charge in [0.1, 0.15) is 5.60 Å². The Kier molecular flexibility index (Phi) is 8.73. The molecule has 0 aliphatic heterocycles. The molecule has 25 heavy (non-hydrogen) atoms. The summed E-state index contributed by atoms with van der Waals surface area (Å²) in [5.74, 6) is 0.855. The summed E-state index contributed by atoms with van der Waals surface area (Å²) in [6, 6.07) is 0.603. The van der Waals surface area contributed by atoms with Crippen LogP contribution < -0.4 is 5.32 Å². The second kappa shape index (κ2) is 9.80. The number of nitrogens with zero attached hydrogens (tertiary/aromatic N) is 1. The molecular formula is C21H42N2O2. The van der Waals surface area contributed by atoms with Crippen molar-refractivity contribution in [3.63, 3.8) is 0 Å². The van der Waals surface area contributed by atoms with Crippen molar-refractivity contribution < 1.29 is 9.53 Å². The smallest absolute Gasteiger partial charge is 0.410 e. The molecule has 1 amide bonds. The van der Waals surface area contributed by atoms with Crippen LogP contribution in [0.4, 0.5) is 4.79 Å². The first-order valence-corrected chi connectivity index (χ1v) is 10.3. The zero-order valence-electron chi connectivity index (χ0n) is 17.8. The van der Waals surface area contributed by atoms with Gasteiger partial charge < -0.3 is 15.0 Å². The standard InChI is InChI=1S/C21H42N2O2/c1-8-15-23(19(24)25-20(3,4)5)16-14-22-18-12-10-17(11-13-18)21(6,7)9-2/h17-18,22H,8-16H2,1-7H3. The molecule has 4 nitrogen and oxygen atoms in total. The van der Waals surface area contributed by atoms with Crippen LogP contribution in [0, 0.1) is 11.3 Å². The average Bonchev–Trinajstić information content (AvgIpc) is 2.53. The lowest BCUT2D eigenvalue weighted by atomic mass is 9.69. The molecule has 1 aliphatic carbocycles. The summed E-state index contributed by atoms with van der Waals surface area (Å²) in [6.07, 6.45) is 7.19. The Balaban J connectivity index is 2.36. The van der Waals surface area contributed by atoms with Gasteiger partial charge in [-0.3, -0.25) is 0 Å². The van der Waals surface area contributed by atoms with Gasteiger partial charge in [0.05, 0.1) is 0 Å². The van der Waals surface area contributed by atoms with E-state index >= 15 is 0 Å². The average molecular weight is 355 g/mol. The number of carbonyl (C=O) groups excluding carboxylic acids is 1. The third-order valence-electron chi connectivity index (χ3n) is 5.70. The van der Waals surface area contributed by atoms with Crippen LogP contribution in [0.15, 0.2) is 0 Å². The van der Waals surface area contributed by atoms with Crippen molar-refractivity contribution in [1.82, 2.24) is 10.2 Å². The molecule has 1 fully saturated rings. The molecule has 1 N–H and O–H groups in total. The van der Waals surface area contributed by atoms with Gasteiger partial charge in [0.2, 0.25) is 0 Å². The van der Waals surface area contributed by atoms with Crippen LogP contribution in [0.1, 0.15) is 87.0 Å². The summed E-state index contributed by atoms with van der Waals surface area (Å²) in [7, 11) is 0. The van der Waals surface area contributed by atoms with Gasteiger partial charge in [-0.1, -0.05) is 34.1 Å². The fraction of sp³-hybridized carbons (Fsp3) is 0.952. The molecule has 4 heteroatoms. The number of nitrogens with one attached hydrogen (secondary N) is 1. The van der Waals surface area contributed by atoms with E-state index in [1.165, 1.54) is 32.1 Å². The molecule has 0 spiro atoms. The molecule has 1 aliphatic rings. The van der Waals surface area contributed by atoms with Crippen LogP contribution in [-0.4, -0.2) is 42.3 Å². The molecule has 0 bridgehead atoms. The predicted molar refractivity (Wildman–Crippen MR) is 106 cm³/mol. The number of hydrogen-bond acceptors (Lipinski definition) is 3. The summed E-state index contributed by atoms with van der Waals surface area (Å²) in [6.45, 7) is 17.3. The number of ether oxygens (including phenoxy) is 1. The Morgan fingerprint density at radius 1 is 1.04 bits per heavy atom. The quantitative estimate of drug-likeness (QED) is 0.650. The van der Waals surface area contributed by atoms with E-state index in [0.29, 0.717) is 11.5 Å². The second-order valence-electron chi connectivity index (χ2n) is 9.31. The summed E-state index contributed by atoms with van der Waals surface area (Å²) in [5, 5.41) is 3.67. The van der Waals surface area contributed by atoms with Crippen molar-refractivity contribution in [2.24, 2.45) is 11.3 Å². The molecule has 0 radical (unpaired) electrons. The van der Waals surface area contributed by atoms with Gasteiger partial charge >= 0.3 is 6.09 Å². The zero-order chi connectivity index (χ0) is 19.1. The fourth-order valence-corrected chi connectivity index (χ4v) is 3.66. The Morgan fingerprint density at radius 3 is 2.12 bits per heavy atom. The first-order chi connectivity index (χ1) is 11.6. The van der Waals surface area contributed by atoms with Crippen molar-refractivity contribution in [2.75, 3.05) is 19.6 Å². The molecular weight excluding hydrogens is 312 g/mol. The molecule has 1 rings (SSSR count). The normalized spacial score (nSPS) is 21.9. The SMILES string of the molecule is CCCN(CCNC1CCC(C(C)(C)CC)CC1)C(=O)OC(C)(C)C. The summed E-state index contributed by atoms with van der Waals surface area (Å²) < 4.78 is 5.52. The van der Waals surface area contributed by atoms with E-state index in [0.717, 1.165) is 32.0 Å². The van der Waals surface area contributed by atoms with Crippen molar-refractivity contribution in [2.45, 2.75) is 98.6 Å². The van der Waals surface area contributed by atoms with E-state index in [1.807, 2.05) is 25.7 Å². The highest BCUT2D eigenvalue weighted by atomic mass is 16.6. The maximum Gasteiger partial charge on any atom is 0.410 e. The van der Waals surface area contributed by atoms with Crippen LogP contribution in [-0.2, 0) is 4.74 Å². The molecule has 0 atom stereocenters. The van der Waals surface area contributed by atoms with Crippen molar-refractivity contribution in [1.29, 1.82) is 0 Å². The van der Waals surface area contributed by atoms with Crippen molar-refractivity contribution >= 4 is 6.09 Å². The van der Waals surface area contributed by atoms with Crippen LogP contribution in [0.2, 0.25) is 0 Å². The molecule has 0 unspecified atom stereocenters. The predicted octanol–water partition coefficient (Wildman–Crippen LogP) is 5.22. The van der Waals surface area contributed by atoms with E-state index in [4.69, 9.17) is 4.74 Å². The first-order valence-electron chi connectivity index (χ1n) is 10.3. The molecule has 0 aromatic carbocycles. The molecule has 0 aromatic heterocycles. The minimum absolute atomic E-state index is 0.190. The highest BCUT2D eigenvalue weighted by molar-refractivity contribution is 5.68. The van der Waals surface area contributed by atoms with Gasteiger partial charge in [0, 0.05) is 25.7 Å². The van der Waals surface area contributed by atoms with Gasteiger partial charge in [-0.2, -0.15) is 0 Å². The monoisotopic (exact) mass is 354 g/mol. The van der Waals surface area contributed by atoms with Crippen LogP contribution in [0.3, 0.4) is 0 Å². The zero-order valence-corrected chi connectivity index (χ0v) is 17.8. The van der Waals surface area contributed by atoms with E-state index < -0.39 is 5.60 Å². The molecule has 0 aromatic rings. The highest BCUT2D eigenvalue weighted by Crippen LogP contribution is 2.40. The van der Waals surface area contributed by atoms with Crippen LogP contribution in [0.25, 0.3) is 0 Å². The van der Waals surface area contributed by atoms with Gasteiger partial charge in [-0.15, -0.1) is 0 Å². The van der Waals surface area contributed by atoms with Gasteiger partial charge in [0.15, 0.2) is 0 Å². The van der Waals surface area contributed by atoms with Crippen molar-refractivity contribution in [3.05, 3.63) is 0 Å². The Hall–Kier alpha value is -0.770. The number of rotatable bonds is 8. The minimum atomic E-state index is -0.430. The summed E-state index contributed by atoms with van der Waals surface area (Å²) in [4.78, 5) is 14.1. The second-order valence-corrected chi connectivity index (χ2v) is 9.31. The maximum atomic E-state index is 12.3. The minimum Gasteiger partial charge on any atom is -0.444 e. The number of hydrogen-bond donors (Lipinski definition) is 1. The lowest BCUT2D eigenvalue weighted by Crippen LogP contribution is -2.44. The van der Waals surface area contributed by atoms with E-state index in [2.05, 4.69) is 33.0 Å². The summed E-state index contributed by atoms with van der Waals surface area (Å²) >= 11 is 0. The molecule has 148 valence electrons. The third-order valence-corrected chi connectivity index (χ3v) is 5.70. The lowest BCUT2D eigenvalue weighted by molar-refractivity contribution is 0.0249. The fourth-order valence-electron chi connectivity index (χ4n) is 3.66. The van der Waals surface area contributed by atoms with Crippen LogP contribution in [0.5, 0.6) is 0 Å². The van der Waals surface area contributed by atoms with Gasteiger partial charge in [-0.05, 0) is 64.2 Å². The first kappa shape index (κ1) is 22.3. The van der Waals surface area contributed by atoms with Crippen LogP contribution >= 0.6 is 0 Å². The largest absolute Gasteiger partial charge is 0.444 e. The number of amides is 1. The molecule has 0 saturated heterocycles. The van der Waals surface area contributed by atoms with Gasteiger partial charge in [-0.25, -0.2) is 4.79 Å². The van der Waals surface area contributed by atoms with Crippen molar-refractivity contribution in [3.8, 4) is 0 Å². The van der Waals surface area contributed by atoms with E-state index in [9.17, 15) is 4.79 Å². The summed E-state index contributed by atoms with van der Waals surface area (Å²) in [5.41, 5.74) is 0.0422. The topological polar surface area (TPSA) is 41.6 Å². The number of carbonyl (C=O) groups is 1. The van der Waals surface area contributed by atoms with Gasteiger partial charge in [0.25, 0.3) is 0 Å². The Labute approximate surface area is 156 Å².